The maximum atomic E-state index is 8.67. The van der Waals surface area contributed by atoms with Gasteiger partial charge in [0, 0.05) is 28.6 Å². The van der Waals surface area contributed by atoms with Gasteiger partial charge in [0.2, 0.25) is 5.71 Å². The van der Waals surface area contributed by atoms with E-state index in [1.165, 1.54) is 5.56 Å². The van der Waals surface area contributed by atoms with Crippen LogP contribution in [0.2, 0.25) is 0 Å². The van der Waals surface area contributed by atoms with E-state index < -0.39 is 6.04 Å². The molecule has 0 aliphatic rings. The van der Waals surface area contributed by atoms with Gasteiger partial charge in [0.25, 0.3) is 6.33 Å². The van der Waals surface area contributed by atoms with Gasteiger partial charge in [-0.05, 0) is 105 Å². The molecule has 0 N–H and O–H groups in total. The van der Waals surface area contributed by atoms with Crippen LogP contribution < -0.4 is 9.30 Å². The van der Waals surface area contributed by atoms with Crippen molar-refractivity contribution < 1.29 is 20.6 Å². The lowest BCUT2D eigenvalue weighted by atomic mass is 9.86. The van der Waals surface area contributed by atoms with Gasteiger partial charge in [-0.1, -0.05) is 178 Å². The van der Waals surface area contributed by atoms with Crippen LogP contribution in [0, 0.1) is 13.3 Å². The molecule has 332 valence electrons. The van der Waals surface area contributed by atoms with E-state index in [4.69, 9.17) is 21.0 Å². The number of nitrogens with zero attached hydrogens (tertiary/aromatic N) is 4. The average molecular weight is 898 g/mol. The van der Waals surface area contributed by atoms with E-state index in [1.54, 1.807) is 12.5 Å². The van der Waals surface area contributed by atoms with Crippen LogP contribution in [-0.4, -0.2) is 14.0 Å². The molecule has 0 bridgehead atoms. The Morgan fingerprint density at radius 1 is 0.594 bits per heavy atom. The van der Waals surface area contributed by atoms with Crippen molar-refractivity contribution >= 4 is 27.5 Å². The minimum atomic E-state index is -0.432. The minimum absolute atomic E-state index is 0.100. The first-order valence-electron chi connectivity index (χ1n) is 25.5. The van der Waals surface area contributed by atoms with Crippen LogP contribution in [0.1, 0.15) is 38.8 Å². The number of aromatic nitrogens is 4. The molecule has 6 heteroatoms. The normalized spacial score (nSPS) is 12.8. The van der Waals surface area contributed by atoms with Crippen LogP contribution >= 0.6 is 0 Å². The quantitative estimate of drug-likeness (QED) is 0.107. The van der Waals surface area contributed by atoms with E-state index in [2.05, 4.69) is 139 Å². The second kappa shape index (κ2) is 16.8. The van der Waals surface area contributed by atoms with Crippen molar-refractivity contribution in [2.45, 2.75) is 33.1 Å². The molecule has 0 aliphatic heterocycles. The molecule has 0 saturated heterocycles. The summed E-state index contributed by atoms with van der Waals surface area (Å²) in [6.07, 6.45) is 7.14. The summed E-state index contributed by atoms with van der Waals surface area (Å²) in [4.78, 5) is 4.93. The summed E-state index contributed by atoms with van der Waals surface area (Å²) >= 11 is 0. The summed E-state index contributed by atoms with van der Waals surface area (Å²) in [6.45, 7) is 8.48. The molecule has 0 amide bonds. The van der Waals surface area contributed by atoms with Gasteiger partial charge in [0.05, 0.1) is 29.8 Å². The van der Waals surface area contributed by atoms with Gasteiger partial charge >= 0.3 is 0 Å². The third-order valence-corrected chi connectivity index (χ3v) is 12.9. The summed E-state index contributed by atoms with van der Waals surface area (Å²) in [5.41, 5.74) is 13.6. The van der Waals surface area contributed by atoms with E-state index >= 15 is 0 Å². The second-order valence-corrected chi connectivity index (χ2v) is 18.3. The van der Waals surface area contributed by atoms with Crippen molar-refractivity contribution in [1.29, 1.82) is 0 Å². The fourth-order valence-corrected chi connectivity index (χ4v) is 9.47. The van der Waals surface area contributed by atoms with Crippen molar-refractivity contribution in [3.63, 3.8) is 0 Å². The van der Waals surface area contributed by atoms with Crippen molar-refractivity contribution in [3.8, 4) is 78.9 Å². The highest BCUT2D eigenvalue weighted by Crippen LogP contribution is 2.40. The molecule has 0 spiro atoms. The van der Waals surface area contributed by atoms with Crippen molar-refractivity contribution in [1.82, 2.24) is 14.0 Å². The Morgan fingerprint density at radius 2 is 1.25 bits per heavy atom. The molecule has 69 heavy (non-hydrogen) atoms. The molecule has 6 nitrogen and oxygen atoms in total. The van der Waals surface area contributed by atoms with Crippen LogP contribution in [0.5, 0.6) is 11.5 Å². The molecule has 0 fully saturated rings. The SMILES string of the molecule is [2H]c1c([2H])c([2H])c(-c2cnc(-n3c4ccc(C(C)(C)C)cc4c4ccc(Oc5cccc(-c6coc7c(-c8ccccc8)[n+](-c8c(-c9ccccc9)cccc8-c8ccccc8)[c-]n67)c5)cc43)cc2C)c([2H])c1[2H]. The van der Waals surface area contributed by atoms with Crippen molar-refractivity contribution in [2.24, 2.45) is 0 Å². The second-order valence-electron chi connectivity index (χ2n) is 18.3. The number of para-hydroxylation sites is 1. The molecule has 0 radical (unpaired) electrons. The zero-order valence-electron chi connectivity index (χ0n) is 43.5. The van der Waals surface area contributed by atoms with Gasteiger partial charge in [-0.15, -0.1) is 0 Å². The summed E-state index contributed by atoms with van der Waals surface area (Å²) in [5.74, 6) is 1.85. The van der Waals surface area contributed by atoms with Crippen molar-refractivity contribution in [3.05, 3.63) is 236 Å². The number of oxazole rings is 1. The molecule has 12 rings (SSSR count). The molecule has 0 atom stereocenters. The van der Waals surface area contributed by atoms with Crippen LogP contribution in [0.25, 0.3) is 94.9 Å². The summed E-state index contributed by atoms with van der Waals surface area (Å²) in [6, 6.07) is 58.4. The molecular formula is C63H48N4O2. The maximum absolute atomic E-state index is 8.67. The molecule has 4 heterocycles. The monoisotopic (exact) mass is 897 g/mol. The molecule has 0 unspecified atom stereocenters. The molecule has 0 saturated carbocycles. The van der Waals surface area contributed by atoms with Gasteiger partial charge in [0.15, 0.2) is 0 Å². The van der Waals surface area contributed by atoms with Gasteiger partial charge in [-0.25, -0.2) is 4.98 Å². The van der Waals surface area contributed by atoms with Gasteiger partial charge < -0.3 is 9.15 Å². The number of pyridine rings is 1. The lowest BCUT2D eigenvalue weighted by molar-refractivity contribution is -0.586. The summed E-state index contributed by atoms with van der Waals surface area (Å²) < 4.78 is 61.7. The Bertz CT molecular complexity index is 4070. The zero-order chi connectivity index (χ0) is 51.0. The highest BCUT2D eigenvalue weighted by Gasteiger charge is 2.25. The highest BCUT2D eigenvalue weighted by molar-refractivity contribution is 6.10. The predicted octanol–water partition coefficient (Wildman–Crippen LogP) is 15.8. The van der Waals surface area contributed by atoms with Crippen LogP contribution in [0.4, 0.5) is 0 Å². The molecule has 0 aliphatic carbocycles. The van der Waals surface area contributed by atoms with Gasteiger partial charge in [-0.2, -0.15) is 0 Å². The molecule has 8 aromatic carbocycles. The Balaban J connectivity index is 0.973. The third-order valence-electron chi connectivity index (χ3n) is 12.9. The number of ether oxygens (including phenoxy) is 1. The Labute approximate surface area is 408 Å². The number of aryl methyl sites for hydroxylation is 1. The van der Waals surface area contributed by atoms with Crippen LogP contribution in [0.15, 0.2) is 223 Å². The lowest BCUT2D eigenvalue weighted by Gasteiger charge is -2.19. The minimum Gasteiger partial charge on any atom is -0.472 e. The first kappa shape index (κ1) is 36.4. The highest BCUT2D eigenvalue weighted by atomic mass is 16.5. The van der Waals surface area contributed by atoms with Gasteiger partial charge in [0.1, 0.15) is 28.7 Å². The first-order chi connectivity index (χ1) is 35.8. The Morgan fingerprint density at radius 3 is 1.93 bits per heavy atom. The van der Waals surface area contributed by atoms with E-state index in [9.17, 15) is 0 Å². The first-order valence-corrected chi connectivity index (χ1v) is 23.0. The van der Waals surface area contributed by atoms with Crippen LogP contribution in [0.3, 0.4) is 0 Å². The van der Waals surface area contributed by atoms with E-state index in [0.717, 1.165) is 72.3 Å². The molecular weight excluding hydrogens is 845 g/mol. The van der Waals surface area contributed by atoms with E-state index in [1.807, 2.05) is 84.1 Å². The summed E-state index contributed by atoms with van der Waals surface area (Å²) in [5, 5.41) is 2.06. The molecule has 12 aromatic rings. The topological polar surface area (TPSA) is 48.5 Å². The average Bonchev–Trinajstić information content (AvgIpc) is 4.11. The van der Waals surface area contributed by atoms with E-state index in [0.29, 0.717) is 34.2 Å². The smallest absolute Gasteiger partial charge is 0.272 e. The van der Waals surface area contributed by atoms with Crippen LogP contribution in [-0.2, 0) is 5.41 Å². The number of hydrogen-bond donors (Lipinski definition) is 0. The lowest BCUT2D eigenvalue weighted by Crippen LogP contribution is -2.33. The van der Waals surface area contributed by atoms with Crippen molar-refractivity contribution in [2.75, 3.05) is 0 Å². The molecule has 4 aromatic heterocycles. The number of benzene rings is 8. The number of hydrogen-bond acceptors (Lipinski definition) is 3. The third kappa shape index (κ3) is 7.47. The Hall–Kier alpha value is -8.74. The number of imidazole rings is 1. The number of rotatable bonds is 9. The standard InChI is InChI=1S/C63H48N4O2/c1-42-35-59(64-39-55(42)45-23-13-7-14-24-45)67-56-34-31-48(63(2,3)4)37-54(56)53-33-32-50(38-57(53)67)69-49-28-17-27-47(36-49)58-40-68-62-60(46-25-15-8-16-26-46)66(41-65(58)62)61-51(43-19-9-5-10-20-43)29-18-30-52(61)44-21-11-6-12-22-44/h5-40H,1-4H3/i7D,13D,14D,23D,24D. The summed E-state index contributed by atoms with van der Waals surface area (Å²) in [7, 11) is 0. The number of fused-ring (bicyclic) bond motifs is 4. The maximum Gasteiger partial charge on any atom is 0.272 e. The van der Waals surface area contributed by atoms with E-state index in [-0.39, 0.29) is 35.1 Å². The Kier molecular flexibility index (Phi) is 8.89. The fourth-order valence-electron chi connectivity index (χ4n) is 9.47. The largest absolute Gasteiger partial charge is 0.472 e. The fraction of sp³-hybridized carbons (Fsp3) is 0.0794. The predicted molar refractivity (Wildman–Crippen MR) is 279 cm³/mol. The van der Waals surface area contributed by atoms with Gasteiger partial charge in [-0.3, -0.25) is 13.5 Å². The zero-order valence-corrected chi connectivity index (χ0v) is 38.5.